The fourth-order valence-corrected chi connectivity index (χ4v) is 3.44. The molecule has 3 rings (SSSR count). The van der Waals surface area contributed by atoms with Gasteiger partial charge in [-0.2, -0.15) is 0 Å². The Morgan fingerprint density at radius 3 is 2.71 bits per heavy atom. The Morgan fingerprint density at radius 2 is 2.04 bits per heavy atom. The standard InChI is InChI=1S/C18H19Cl2N3O/c1-3-5-15(24)17-14(4-2)22-18-16(21-8-9-23(17)18)12-7-6-11(19)10-13(12)20/h6-10,15,24H,3-5H2,1-2H3. The van der Waals surface area contributed by atoms with Crippen LogP contribution in [0.15, 0.2) is 30.6 Å². The van der Waals surface area contributed by atoms with Crippen LogP contribution in [0.3, 0.4) is 0 Å². The van der Waals surface area contributed by atoms with Gasteiger partial charge in [-0.05, 0) is 31.0 Å². The second kappa shape index (κ2) is 7.09. The average molecular weight is 364 g/mol. The number of aliphatic hydroxyl groups excluding tert-OH is 1. The van der Waals surface area contributed by atoms with Crippen LogP contribution < -0.4 is 0 Å². The van der Waals surface area contributed by atoms with Crippen molar-refractivity contribution < 1.29 is 5.11 Å². The molecular formula is C18H19Cl2N3O. The molecule has 2 heterocycles. The minimum Gasteiger partial charge on any atom is -0.387 e. The molecule has 0 saturated carbocycles. The zero-order valence-electron chi connectivity index (χ0n) is 13.6. The Bertz CT molecular complexity index is 876. The first-order valence-electron chi connectivity index (χ1n) is 8.06. The highest BCUT2D eigenvalue weighted by molar-refractivity contribution is 6.36. The predicted molar refractivity (Wildman–Crippen MR) is 97.7 cm³/mol. The Kier molecular flexibility index (Phi) is 5.09. The topological polar surface area (TPSA) is 50.4 Å². The molecule has 4 nitrogen and oxygen atoms in total. The minimum atomic E-state index is -0.545. The monoisotopic (exact) mass is 363 g/mol. The normalized spacial score (nSPS) is 12.7. The zero-order valence-corrected chi connectivity index (χ0v) is 15.1. The number of imidazole rings is 1. The van der Waals surface area contributed by atoms with E-state index in [0.29, 0.717) is 27.8 Å². The van der Waals surface area contributed by atoms with E-state index in [1.807, 2.05) is 23.6 Å². The molecule has 0 aliphatic heterocycles. The van der Waals surface area contributed by atoms with Crippen molar-refractivity contribution in [3.63, 3.8) is 0 Å². The fourth-order valence-electron chi connectivity index (χ4n) is 2.94. The van der Waals surface area contributed by atoms with Crippen LogP contribution in [0, 0.1) is 0 Å². The molecule has 0 bridgehead atoms. The van der Waals surface area contributed by atoms with Gasteiger partial charge in [-0.3, -0.25) is 9.38 Å². The number of fused-ring (bicyclic) bond motifs is 1. The summed E-state index contributed by atoms with van der Waals surface area (Å²) >= 11 is 12.3. The lowest BCUT2D eigenvalue weighted by atomic mass is 10.1. The molecular weight excluding hydrogens is 345 g/mol. The summed E-state index contributed by atoms with van der Waals surface area (Å²) in [5.74, 6) is 0. The van der Waals surface area contributed by atoms with Crippen LogP contribution in [-0.2, 0) is 6.42 Å². The molecule has 126 valence electrons. The van der Waals surface area contributed by atoms with Crippen LogP contribution >= 0.6 is 23.2 Å². The number of hydrogen-bond donors (Lipinski definition) is 1. The molecule has 0 aliphatic rings. The summed E-state index contributed by atoms with van der Waals surface area (Å²) in [6.07, 6.45) is 5.33. The first-order chi connectivity index (χ1) is 11.6. The summed E-state index contributed by atoms with van der Waals surface area (Å²) in [6, 6.07) is 5.32. The van der Waals surface area contributed by atoms with Crippen molar-refractivity contribution in [2.24, 2.45) is 0 Å². The van der Waals surface area contributed by atoms with Gasteiger partial charge in [0, 0.05) is 23.0 Å². The van der Waals surface area contributed by atoms with Crippen molar-refractivity contribution in [2.75, 3.05) is 0 Å². The maximum absolute atomic E-state index is 10.5. The van der Waals surface area contributed by atoms with Gasteiger partial charge in [0.1, 0.15) is 5.69 Å². The Morgan fingerprint density at radius 1 is 1.25 bits per heavy atom. The van der Waals surface area contributed by atoms with Crippen molar-refractivity contribution in [2.45, 2.75) is 39.2 Å². The zero-order chi connectivity index (χ0) is 17.3. The molecule has 1 atom stereocenters. The molecule has 3 aromatic rings. The minimum absolute atomic E-state index is 0.528. The van der Waals surface area contributed by atoms with Gasteiger partial charge in [-0.25, -0.2) is 4.98 Å². The van der Waals surface area contributed by atoms with Gasteiger partial charge in [0.25, 0.3) is 0 Å². The van der Waals surface area contributed by atoms with Crippen molar-refractivity contribution in [3.8, 4) is 11.3 Å². The summed E-state index contributed by atoms with van der Waals surface area (Å²) in [5, 5.41) is 11.7. The van der Waals surface area contributed by atoms with Crippen molar-refractivity contribution in [3.05, 3.63) is 52.0 Å². The maximum Gasteiger partial charge on any atom is 0.164 e. The van der Waals surface area contributed by atoms with Gasteiger partial charge < -0.3 is 5.11 Å². The molecule has 0 radical (unpaired) electrons. The summed E-state index contributed by atoms with van der Waals surface area (Å²) in [4.78, 5) is 9.19. The van der Waals surface area contributed by atoms with E-state index in [4.69, 9.17) is 28.2 Å². The van der Waals surface area contributed by atoms with Crippen LogP contribution in [0.25, 0.3) is 16.9 Å². The Hall–Kier alpha value is -1.62. The van der Waals surface area contributed by atoms with Crippen LogP contribution in [-0.4, -0.2) is 19.5 Å². The van der Waals surface area contributed by atoms with Crippen molar-refractivity contribution in [1.82, 2.24) is 14.4 Å². The van der Waals surface area contributed by atoms with Gasteiger partial charge in [0.2, 0.25) is 0 Å². The number of rotatable bonds is 5. The van der Waals surface area contributed by atoms with Crippen molar-refractivity contribution >= 4 is 28.8 Å². The maximum atomic E-state index is 10.5. The van der Waals surface area contributed by atoms with Gasteiger partial charge in [-0.15, -0.1) is 0 Å². The smallest absolute Gasteiger partial charge is 0.164 e. The molecule has 0 aliphatic carbocycles. The van der Waals surface area contributed by atoms with Crippen molar-refractivity contribution in [1.29, 1.82) is 0 Å². The highest BCUT2D eigenvalue weighted by Gasteiger charge is 2.21. The molecule has 0 spiro atoms. The molecule has 2 aromatic heterocycles. The van der Waals surface area contributed by atoms with E-state index in [9.17, 15) is 5.11 Å². The lowest BCUT2D eigenvalue weighted by Crippen LogP contribution is -2.05. The lowest BCUT2D eigenvalue weighted by molar-refractivity contribution is 0.159. The number of benzene rings is 1. The highest BCUT2D eigenvalue weighted by Crippen LogP contribution is 2.33. The van der Waals surface area contributed by atoms with Gasteiger partial charge >= 0.3 is 0 Å². The average Bonchev–Trinajstić information content (AvgIpc) is 2.94. The second-order valence-corrected chi connectivity index (χ2v) is 6.54. The quantitative estimate of drug-likeness (QED) is 0.685. The number of aromatic nitrogens is 3. The lowest BCUT2D eigenvalue weighted by Gasteiger charge is -2.12. The molecule has 1 unspecified atom stereocenters. The van der Waals surface area contributed by atoms with E-state index in [1.165, 1.54) is 0 Å². The third kappa shape index (κ3) is 3.02. The molecule has 24 heavy (non-hydrogen) atoms. The molecule has 6 heteroatoms. The van der Waals surface area contributed by atoms with E-state index in [1.54, 1.807) is 18.3 Å². The van der Waals surface area contributed by atoms with Gasteiger partial charge in [0.15, 0.2) is 5.65 Å². The van der Waals surface area contributed by atoms with Gasteiger partial charge in [-0.1, -0.05) is 43.5 Å². The fraction of sp³-hybridized carbons (Fsp3) is 0.333. The SMILES string of the molecule is CCCC(O)c1c(CC)nc2c(-c3ccc(Cl)cc3Cl)nccn12. The summed E-state index contributed by atoms with van der Waals surface area (Å²) in [7, 11) is 0. The largest absolute Gasteiger partial charge is 0.387 e. The Balaban J connectivity index is 2.24. The number of halogens is 2. The number of hydrogen-bond acceptors (Lipinski definition) is 3. The molecule has 1 aromatic carbocycles. The van der Waals surface area contributed by atoms with Crippen LogP contribution in [0.4, 0.5) is 0 Å². The first-order valence-corrected chi connectivity index (χ1v) is 8.81. The molecule has 1 N–H and O–H groups in total. The van der Waals surface area contributed by atoms with E-state index < -0.39 is 6.10 Å². The Labute approximate surface area is 151 Å². The van der Waals surface area contributed by atoms with E-state index in [0.717, 1.165) is 29.8 Å². The van der Waals surface area contributed by atoms with Crippen LogP contribution in [0.5, 0.6) is 0 Å². The van der Waals surface area contributed by atoms with Gasteiger partial charge in [0.05, 0.1) is 22.5 Å². The number of nitrogens with zero attached hydrogens (tertiary/aromatic N) is 3. The van der Waals surface area contributed by atoms with Crippen LogP contribution in [0.1, 0.15) is 44.2 Å². The third-order valence-electron chi connectivity index (χ3n) is 4.05. The van der Waals surface area contributed by atoms with Crippen LogP contribution in [0.2, 0.25) is 10.0 Å². The number of aryl methyl sites for hydroxylation is 1. The highest BCUT2D eigenvalue weighted by atomic mass is 35.5. The molecule has 0 amide bonds. The summed E-state index contributed by atoms with van der Waals surface area (Å²) in [5.41, 5.74) is 3.88. The first kappa shape index (κ1) is 17.2. The summed E-state index contributed by atoms with van der Waals surface area (Å²) < 4.78 is 1.92. The van der Waals surface area contributed by atoms with E-state index in [2.05, 4.69) is 11.9 Å². The number of aliphatic hydroxyl groups is 1. The van der Waals surface area contributed by atoms with E-state index >= 15 is 0 Å². The van der Waals surface area contributed by atoms with E-state index in [-0.39, 0.29) is 0 Å². The third-order valence-corrected chi connectivity index (χ3v) is 4.60. The predicted octanol–water partition coefficient (Wildman–Crippen LogP) is 5.10. The molecule has 0 saturated heterocycles. The summed E-state index contributed by atoms with van der Waals surface area (Å²) in [6.45, 7) is 4.09. The second-order valence-electron chi connectivity index (χ2n) is 5.70. The molecule has 0 fully saturated rings.